The number of carbonyl (C=O) groups is 1. The highest BCUT2D eigenvalue weighted by molar-refractivity contribution is 5.82. The molecule has 0 N–H and O–H groups in total. The molecule has 1 unspecified atom stereocenters. The molecule has 168 valence electrons. The van der Waals surface area contributed by atoms with E-state index < -0.39 is 0 Å². The van der Waals surface area contributed by atoms with Crippen LogP contribution in [0.15, 0.2) is 48.5 Å². The van der Waals surface area contributed by atoms with E-state index in [9.17, 15) is 10.1 Å². The van der Waals surface area contributed by atoms with E-state index in [0.29, 0.717) is 18.1 Å². The Bertz CT molecular complexity index is 946. The fraction of sp³-hybridized carbons (Fsp3) is 0.517. The number of carbonyl (C=O) groups excluding carboxylic acids is 1. The van der Waals surface area contributed by atoms with Crippen LogP contribution >= 0.6 is 0 Å². The van der Waals surface area contributed by atoms with Gasteiger partial charge in [-0.2, -0.15) is 5.26 Å². The number of nitrogens with zero attached hydrogens (tertiary/aromatic N) is 1. The maximum Gasteiger partial charge on any atom is 0.136 e. The molecule has 0 amide bonds. The van der Waals surface area contributed by atoms with Crippen LogP contribution in [0.3, 0.4) is 0 Å². The van der Waals surface area contributed by atoms with E-state index in [1.165, 1.54) is 16.7 Å². The number of Topliss-reactive ketones (excluding diaryl/α,β-unsaturated/α-hetero) is 1. The number of ether oxygens (including phenoxy) is 1. The zero-order chi connectivity index (χ0) is 22.6. The minimum atomic E-state index is -0.299. The first kappa shape index (κ1) is 22.6. The summed E-state index contributed by atoms with van der Waals surface area (Å²) in [4.78, 5) is 12.6. The Morgan fingerprint density at radius 3 is 2.12 bits per heavy atom. The first-order chi connectivity index (χ1) is 15.6. The van der Waals surface area contributed by atoms with Crippen molar-refractivity contribution >= 4 is 5.78 Å². The second-order valence-electron chi connectivity index (χ2n) is 9.82. The smallest absolute Gasteiger partial charge is 0.136 e. The number of methoxy groups -OCH3 is 1. The number of ketones is 1. The van der Waals surface area contributed by atoms with Gasteiger partial charge in [0.15, 0.2) is 0 Å². The number of hydrogen-bond donors (Lipinski definition) is 0. The van der Waals surface area contributed by atoms with Crippen molar-refractivity contribution in [3.05, 3.63) is 54.1 Å². The SMILES string of the molecule is CCC[C@@H]1CCC(C2(C#N)CCC(c3ccc(-c4ccc(OC)cc4)cc3)CC2)CC1=O. The van der Waals surface area contributed by atoms with Crippen molar-refractivity contribution in [1.29, 1.82) is 5.26 Å². The second kappa shape index (κ2) is 9.90. The summed E-state index contributed by atoms with van der Waals surface area (Å²) in [5, 5.41) is 10.1. The van der Waals surface area contributed by atoms with Crippen molar-refractivity contribution < 1.29 is 9.53 Å². The third kappa shape index (κ3) is 4.60. The lowest BCUT2D eigenvalue weighted by molar-refractivity contribution is -0.128. The topological polar surface area (TPSA) is 50.1 Å². The zero-order valence-corrected chi connectivity index (χ0v) is 19.5. The van der Waals surface area contributed by atoms with Gasteiger partial charge in [-0.05, 0) is 85.6 Å². The van der Waals surface area contributed by atoms with Crippen LogP contribution in [-0.2, 0) is 4.79 Å². The summed E-state index contributed by atoms with van der Waals surface area (Å²) >= 11 is 0. The largest absolute Gasteiger partial charge is 0.497 e. The van der Waals surface area contributed by atoms with Crippen LogP contribution in [0.2, 0.25) is 0 Å². The van der Waals surface area contributed by atoms with Gasteiger partial charge in [-0.1, -0.05) is 49.7 Å². The minimum absolute atomic E-state index is 0.243. The molecule has 0 bridgehead atoms. The molecule has 2 saturated carbocycles. The van der Waals surface area contributed by atoms with Crippen LogP contribution in [0.1, 0.15) is 76.2 Å². The number of benzene rings is 2. The van der Waals surface area contributed by atoms with Gasteiger partial charge in [0.25, 0.3) is 0 Å². The summed E-state index contributed by atoms with van der Waals surface area (Å²) in [5.41, 5.74) is 3.47. The van der Waals surface area contributed by atoms with Gasteiger partial charge in [-0.15, -0.1) is 0 Å². The highest BCUT2D eigenvalue weighted by Crippen LogP contribution is 2.51. The Balaban J connectivity index is 1.39. The summed E-state index contributed by atoms with van der Waals surface area (Å²) in [6.07, 6.45) is 8.66. The molecule has 0 spiro atoms. The molecular weight excluding hydrogens is 394 g/mol. The Morgan fingerprint density at radius 2 is 1.59 bits per heavy atom. The van der Waals surface area contributed by atoms with Crippen LogP contribution < -0.4 is 4.74 Å². The van der Waals surface area contributed by atoms with E-state index in [1.807, 2.05) is 12.1 Å². The zero-order valence-electron chi connectivity index (χ0n) is 19.5. The molecular formula is C29H35NO2. The van der Waals surface area contributed by atoms with Crippen LogP contribution in [-0.4, -0.2) is 12.9 Å². The molecule has 2 aliphatic carbocycles. The van der Waals surface area contributed by atoms with Crippen LogP contribution in [0.5, 0.6) is 5.75 Å². The molecule has 4 rings (SSSR count). The Hall–Kier alpha value is -2.60. The van der Waals surface area contributed by atoms with E-state index in [0.717, 1.165) is 57.1 Å². The molecule has 0 aromatic heterocycles. The third-order valence-electron chi connectivity index (χ3n) is 8.09. The van der Waals surface area contributed by atoms with Gasteiger partial charge >= 0.3 is 0 Å². The predicted molar refractivity (Wildman–Crippen MR) is 128 cm³/mol. The molecule has 2 aliphatic rings. The van der Waals surface area contributed by atoms with E-state index >= 15 is 0 Å². The molecule has 2 fully saturated rings. The lowest BCUT2D eigenvalue weighted by Crippen LogP contribution is -2.38. The minimum Gasteiger partial charge on any atom is -0.497 e. The van der Waals surface area contributed by atoms with Crippen molar-refractivity contribution in [2.24, 2.45) is 17.3 Å². The lowest BCUT2D eigenvalue weighted by atomic mass is 9.59. The van der Waals surface area contributed by atoms with Crippen molar-refractivity contribution in [3.63, 3.8) is 0 Å². The molecule has 2 aromatic carbocycles. The summed E-state index contributed by atoms with van der Waals surface area (Å²) in [6.45, 7) is 2.15. The molecule has 0 aliphatic heterocycles. The summed E-state index contributed by atoms with van der Waals surface area (Å²) in [6, 6.07) is 19.8. The van der Waals surface area contributed by atoms with Crippen molar-refractivity contribution in [2.45, 2.75) is 70.6 Å². The van der Waals surface area contributed by atoms with Crippen molar-refractivity contribution in [1.82, 2.24) is 0 Å². The number of hydrogen-bond acceptors (Lipinski definition) is 3. The van der Waals surface area contributed by atoms with Crippen LogP contribution in [0.25, 0.3) is 11.1 Å². The van der Waals surface area contributed by atoms with Gasteiger partial charge in [0, 0.05) is 12.3 Å². The summed E-state index contributed by atoms with van der Waals surface area (Å²) < 4.78 is 5.25. The predicted octanol–water partition coefficient (Wildman–Crippen LogP) is 7.32. The van der Waals surface area contributed by atoms with E-state index in [-0.39, 0.29) is 17.3 Å². The Morgan fingerprint density at radius 1 is 0.969 bits per heavy atom. The van der Waals surface area contributed by atoms with Gasteiger partial charge in [0.05, 0.1) is 18.6 Å². The lowest BCUT2D eigenvalue weighted by Gasteiger charge is -2.43. The summed E-state index contributed by atoms with van der Waals surface area (Å²) in [5.74, 6) is 2.29. The maximum atomic E-state index is 12.6. The Labute approximate surface area is 192 Å². The normalized spacial score (nSPS) is 28.2. The molecule has 0 heterocycles. The third-order valence-corrected chi connectivity index (χ3v) is 8.09. The highest BCUT2D eigenvalue weighted by Gasteiger charge is 2.45. The molecule has 0 saturated heterocycles. The standard InChI is InChI=1S/C29H35NO2/c1-3-4-25-9-12-26(19-28(25)31)29(20-30)17-15-24(16-18-29)22-7-5-21(6-8-22)23-10-13-27(32-2)14-11-23/h5-8,10-11,13-14,24-26H,3-4,9,12,15-19H2,1-2H3/t24?,25-,26?,29?/m1/s1. The highest BCUT2D eigenvalue weighted by atomic mass is 16.5. The molecule has 32 heavy (non-hydrogen) atoms. The fourth-order valence-electron chi connectivity index (χ4n) is 6.01. The van der Waals surface area contributed by atoms with E-state index in [2.05, 4.69) is 49.4 Å². The fourth-order valence-corrected chi connectivity index (χ4v) is 6.01. The van der Waals surface area contributed by atoms with Crippen LogP contribution in [0, 0.1) is 28.6 Å². The van der Waals surface area contributed by atoms with E-state index in [4.69, 9.17) is 4.74 Å². The summed E-state index contributed by atoms with van der Waals surface area (Å²) in [7, 11) is 1.68. The van der Waals surface area contributed by atoms with Gasteiger partial charge in [-0.25, -0.2) is 0 Å². The van der Waals surface area contributed by atoms with Gasteiger partial charge in [0.1, 0.15) is 11.5 Å². The number of nitriles is 1. The quantitative estimate of drug-likeness (QED) is 0.483. The first-order valence-electron chi connectivity index (χ1n) is 12.3. The van der Waals surface area contributed by atoms with Crippen molar-refractivity contribution in [3.8, 4) is 22.9 Å². The van der Waals surface area contributed by atoms with Gasteiger partial charge in [0.2, 0.25) is 0 Å². The average molecular weight is 430 g/mol. The second-order valence-corrected chi connectivity index (χ2v) is 9.82. The van der Waals surface area contributed by atoms with Crippen molar-refractivity contribution in [2.75, 3.05) is 7.11 Å². The first-order valence-corrected chi connectivity index (χ1v) is 12.3. The van der Waals surface area contributed by atoms with Gasteiger partial charge < -0.3 is 4.74 Å². The Kier molecular flexibility index (Phi) is 6.99. The van der Waals surface area contributed by atoms with Crippen LogP contribution in [0.4, 0.5) is 0 Å². The van der Waals surface area contributed by atoms with E-state index in [1.54, 1.807) is 7.11 Å². The molecule has 3 nitrogen and oxygen atoms in total. The average Bonchev–Trinajstić information content (AvgIpc) is 2.85. The molecule has 0 radical (unpaired) electrons. The molecule has 3 heteroatoms. The number of rotatable bonds is 6. The maximum absolute atomic E-state index is 12.6. The van der Waals surface area contributed by atoms with Gasteiger partial charge in [-0.3, -0.25) is 4.79 Å². The monoisotopic (exact) mass is 429 g/mol. The molecule has 2 atom stereocenters. The molecule has 2 aromatic rings.